The molecule has 0 aromatic carbocycles. The number of carbonyl (C=O) groups excluding carboxylic acids is 2. The van der Waals surface area contributed by atoms with Crippen LogP contribution in [0.4, 0.5) is 0 Å². The van der Waals surface area contributed by atoms with Gasteiger partial charge >= 0.3 is 11.9 Å². The lowest BCUT2D eigenvalue weighted by atomic mass is 9.93. The average Bonchev–Trinajstić information content (AvgIpc) is 2.39. The van der Waals surface area contributed by atoms with Crippen LogP contribution in [-0.2, 0) is 23.8 Å². The van der Waals surface area contributed by atoms with Gasteiger partial charge in [0.25, 0.3) is 0 Å². The smallest absolute Gasteiger partial charge is 0.312 e. The minimum absolute atomic E-state index is 0.265. The van der Waals surface area contributed by atoms with Crippen LogP contribution in [0.15, 0.2) is 0 Å². The zero-order chi connectivity index (χ0) is 14.9. The average molecular weight is 275 g/mol. The molecule has 0 heterocycles. The van der Waals surface area contributed by atoms with E-state index in [4.69, 9.17) is 9.47 Å². The van der Waals surface area contributed by atoms with Crippen LogP contribution in [0.1, 0.15) is 20.3 Å². The third-order valence-corrected chi connectivity index (χ3v) is 2.83. The highest BCUT2D eigenvalue weighted by molar-refractivity contribution is 5.76. The molecule has 0 aliphatic heterocycles. The van der Waals surface area contributed by atoms with E-state index in [0.29, 0.717) is 26.2 Å². The quantitative estimate of drug-likeness (QED) is 0.577. The van der Waals surface area contributed by atoms with E-state index in [1.807, 2.05) is 18.7 Å². The van der Waals surface area contributed by atoms with Crippen LogP contribution in [0.5, 0.6) is 0 Å². The fourth-order valence-corrected chi connectivity index (χ4v) is 1.74. The van der Waals surface area contributed by atoms with Crippen molar-refractivity contribution in [3.63, 3.8) is 0 Å². The highest BCUT2D eigenvalue weighted by atomic mass is 16.5. The first-order valence-corrected chi connectivity index (χ1v) is 6.24. The lowest BCUT2D eigenvalue weighted by Crippen LogP contribution is -2.42. The van der Waals surface area contributed by atoms with Gasteiger partial charge in [-0.25, -0.2) is 0 Å². The molecule has 0 unspecified atom stereocenters. The Hall–Kier alpha value is -1.14. The number of rotatable bonds is 9. The molecule has 0 fully saturated rings. The first-order valence-electron chi connectivity index (χ1n) is 6.24. The predicted octanol–water partition coefficient (Wildman–Crippen LogP) is 0.697. The van der Waals surface area contributed by atoms with Crippen molar-refractivity contribution in [2.45, 2.75) is 20.3 Å². The summed E-state index contributed by atoms with van der Waals surface area (Å²) in [5.41, 5.74) is -0.626. The Bertz CT molecular complexity index is 291. The third kappa shape index (κ3) is 7.12. The van der Waals surface area contributed by atoms with Crippen LogP contribution < -0.4 is 0 Å². The van der Waals surface area contributed by atoms with Crippen molar-refractivity contribution >= 4 is 11.9 Å². The molecular formula is C13H25NO5. The maximum absolute atomic E-state index is 11.7. The van der Waals surface area contributed by atoms with Gasteiger partial charge < -0.3 is 14.2 Å². The molecule has 0 radical (unpaired) electrons. The molecule has 0 saturated carbocycles. The SMILES string of the molecule is COCCN(CCC(=O)OC)CC(C)(C)C(=O)OC. The molecule has 0 amide bonds. The number of ether oxygens (including phenoxy) is 3. The van der Waals surface area contributed by atoms with Gasteiger partial charge in [-0.3, -0.25) is 14.5 Å². The minimum Gasteiger partial charge on any atom is -0.469 e. The highest BCUT2D eigenvalue weighted by Crippen LogP contribution is 2.19. The molecule has 6 heteroatoms. The Morgan fingerprint density at radius 3 is 2.16 bits per heavy atom. The minimum atomic E-state index is -0.626. The lowest BCUT2D eigenvalue weighted by Gasteiger charge is -2.30. The van der Waals surface area contributed by atoms with Gasteiger partial charge in [-0.05, 0) is 13.8 Å². The van der Waals surface area contributed by atoms with E-state index in [9.17, 15) is 9.59 Å². The van der Waals surface area contributed by atoms with Gasteiger partial charge in [0.05, 0.1) is 32.7 Å². The Labute approximate surface area is 115 Å². The Morgan fingerprint density at radius 2 is 1.68 bits per heavy atom. The van der Waals surface area contributed by atoms with E-state index in [1.165, 1.54) is 14.2 Å². The first kappa shape index (κ1) is 17.9. The molecule has 112 valence electrons. The molecule has 0 spiro atoms. The molecule has 0 aliphatic carbocycles. The molecule has 0 saturated heterocycles. The second kappa shape index (κ2) is 8.87. The highest BCUT2D eigenvalue weighted by Gasteiger charge is 2.31. The standard InChI is InChI=1S/C13H25NO5/c1-13(2,12(16)19-5)10-14(8-9-17-3)7-6-11(15)18-4/h6-10H2,1-5H3. The van der Waals surface area contributed by atoms with E-state index in [2.05, 4.69) is 4.74 Å². The summed E-state index contributed by atoms with van der Waals surface area (Å²) in [5.74, 6) is -0.536. The van der Waals surface area contributed by atoms with Crippen molar-refractivity contribution in [1.82, 2.24) is 4.90 Å². The fourth-order valence-electron chi connectivity index (χ4n) is 1.74. The summed E-state index contributed by atoms with van der Waals surface area (Å²) in [5, 5.41) is 0. The number of methoxy groups -OCH3 is 3. The number of hydrogen-bond donors (Lipinski definition) is 0. The Morgan fingerprint density at radius 1 is 1.05 bits per heavy atom. The zero-order valence-electron chi connectivity index (χ0n) is 12.5. The van der Waals surface area contributed by atoms with Gasteiger partial charge in [-0.2, -0.15) is 0 Å². The van der Waals surface area contributed by atoms with Crippen molar-refractivity contribution in [3.8, 4) is 0 Å². The molecule has 0 rings (SSSR count). The molecule has 6 nitrogen and oxygen atoms in total. The number of hydrogen-bond acceptors (Lipinski definition) is 6. The summed E-state index contributed by atoms with van der Waals surface area (Å²) in [4.78, 5) is 24.8. The predicted molar refractivity (Wildman–Crippen MR) is 70.7 cm³/mol. The number of esters is 2. The second-order valence-electron chi connectivity index (χ2n) is 4.97. The summed E-state index contributed by atoms with van der Waals surface area (Å²) in [6.07, 6.45) is 0.289. The molecular weight excluding hydrogens is 250 g/mol. The van der Waals surface area contributed by atoms with E-state index >= 15 is 0 Å². The van der Waals surface area contributed by atoms with Gasteiger partial charge in [-0.15, -0.1) is 0 Å². The van der Waals surface area contributed by atoms with Gasteiger partial charge in [0.2, 0.25) is 0 Å². The van der Waals surface area contributed by atoms with Crippen molar-refractivity contribution in [3.05, 3.63) is 0 Å². The van der Waals surface area contributed by atoms with Crippen LogP contribution in [-0.4, -0.2) is 64.4 Å². The Balaban J connectivity index is 4.48. The maximum atomic E-state index is 11.7. The van der Waals surface area contributed by atoms with Crippen molar-refractivity contribution in [2.24, 2.45) is 5.41 Å². The largest absolute Gasteiger partial charge is 0.469 e. The molecule has 0 N–H and O–H groups in total. The molecule has 0 bridgehead atoms. The summed E-state index contributed by atoms with van der Waals surface area (Å²) in [7, 11) is 4.35. The molecule has 0 aromatic rings. The second-order valence-corrected chi connectivity index (χ2v) is 4.97. The van der Waals surface area contributed by atoms with Gasteiger partial charge in [-0.1, -0.05) is 0 Å². The van der Waals surface area contributed by atoms with E-state index < -0.39 is 5.41 Å². The van der Waals surface area contributed by atoms with Crippen LogP contribution in [0.2, 0.25) is 0 Å². The normalized spacial score (nSPS) is 11.5. The van der Waals surface area contributed by atoms with Gasteiger partial charge in [0, 0.05) is 26.7 Å². The van der Waals surface area contributed by atoms with E-state index in [0.717, 1.165) is 0 Å². The third-order valence-electron chi connectivity index (χ3n) is 2.83. The maximum Gasteiger partial charge on any atom is 0.312 e. The molecule has 0 aromatic heterocycles. The monoisotopic (exact) mass is 275 g/mol. The van der Waals surface area contributed by atoms with E-state index in [1.54, 1.807) is 7.11 Å². The molecule has 19 heavy (non-hydrogen) atoms. The summed E-state index contributed by atoms with van der Waals surface area (Å²) >= 11 is 0. The van der Waals surface area contributed by atoms with Gasteiger partial charge in [0.1, 0.15) is 0 Å². The summed E-state index contributed by atoms with van der Waals surface area (Å²) < 4.78 is 14.4. The van der Waals surface area contributed by atoms with Crippen molar-refractivity contribution < 1.29 is 23.8 Å². The first-order chi connectivity index (χ1) is 8.87. The molecule has 0 atom stereocenters. The van der Waals surface area contributed by atoms with Gasteiger partial charge in [0.15, 0.2) is 0 Å². The van der Waals surface area contributed by atoms with Crippen LogP contribution in [0.3, 0.4) is 0 Å². The zero-order valence-corrected chi connectivity index (χ0v) is 12.5. The van der Waals surface area contributed by atoms with Crippen molar-refractivity contribution in [1.29, 1.82) is 0 Å². The van der Waals surface area contributed by atoms with Crippen LogP contribution in [0.25, 0.3) is 0 Å². The Kier molecular flexibility index (Phi) is 8.34. The topological polar surface area (TPSA) is 65.1 Å². The van der Waals surface area contributed by atoms with E-state index in [-0.39, 0.29) is 18.4 Å². The summed E-state index contributed by atoms with van der Waals surface area (Å²) in [6.45, 7) is 5.84. The lowest BCUT2D eigenvalue weighted by molar-refractivity contribution is -0.152. The summed E-state index contributed by atoms with van der Waals surface area (Å²) in [6, 6.07) is 0. The number of nitrogens with zero attached hydrogens (tertiary/aromatic N) is 1. The fraction of sp³-hybridized carbons (Fsp3) is 0.846. The van der Waals surface area contributed by atoms with Crippen molar-refractivity contribution in [2.75, 3.05) is 47.6 Å². The van der Waals surface area contributed by atoms with Crippen LogP contribution >= 0.6 is 0 Å². The van der Waals surface area contributed by atoms with Crippen LogP contribution in [0, 0.1) is 5.41 Å². The number of carbonyl (C=O) groups is 2. The molecule has 0 aliphatic rings.